The molecule has 6 nitrogen and oxygen atoms in total. The van der Waals surface area contributed by atoms with Gasteiger partial charge in [-0.15, -0.1) is 0 Å². The van der Waals surface area contributed by atoms with Crippen molar-refractivity contribution in [1.82, 2.24) is 20.0 Å². The van der Waals surface area contributed by atoms with Crippen LogP contribution in [0.3, 0.4) is 0 Å². The molecule has 140 valence electrons. The summed E-state index contributed by atoms with van der Waals surface area (Å²) in [5.41, 5.74) is 0.819. The molecule has 0 N–H and O–H groups in total. The molecule has 2 aliphatic rings. The van der Waals surface area contributed by atoms with E-state index in [9.17, 15) is 0 Å². The van der Waals surface area contributed by atoms with Crippen LogP contribution in [0.5, 0.6) is 5.88 Å². The molecule has 1 aliphatic carbocycles. The molecule has 26 heavy (non-hydrogen) atoms. The highest BCUT2D eigenvalue weighted by Crippen LogP contribution is 2.29. The lowest BCUT2D eigenvalue weighted by Crippen LogP contribution is -2.36. The molecule has 3 heterocycles. The highest BCUT2D eigenvalue weighted by molar-refractivity contribution is 5.60. The third-order valence-corrected chi connectivity index (χ3v) is 5.59. The molecular weight excluding hydrogens is 328 g/mol. The van der Waals surface area contributed by atoms with Gasteiger partial charge in [-0.2, -0.15) is 4.98 Å². The zero-order valence-corrected chi connectivity index (χ0v) is 15.6. The van der Waals surface area contributed by atoms with Gasteiger partial charge in [0, 0.05) is 12.2 Å². The predicted molar refractivity (Wildman–Crippen MR) is 98.8 cm³/mol. The molecule has 1 saturated carbocycles. The van der Waals surface area contributed by atoms with Crippen LogP contribution in [0.15, 0.2) is 22.9 Å². The topological polar surface area (TPSA) is 64.3 Å². The third kappa shape index (κ3) is 4.06. The second-order valence-corrected chi connectivity index (χ2v) is 7.56. The first kappa shape index (κ1) is 17.5. The summed E-state index contributed by atoms with van der Waals surface area (Å²) in [6, 6.07) is 4.43. The van der Waals surface area contributed by atoms with Crippen molar-refractivity contribution in [1.29, 1.82) is 0 Å². The lowest BCUT2D eigenvalue weighted by Gasteiger charge is -2.31. The Bertz CT molecular complexity index is 711. The Morgan fingerprint density at radius 2 is 2.00 bits per heavy atom. The van der Waals surface area contributed by atoms with Crippen LogP contribution in [0, 0.1) is 0 Å². The van der Waals surface area contributed by atoms with Gasteiger partial charge in [0.1, 0.15) is 6.10 Å². The van der Waals surface area contributed by atoms with Gasteiger partial charge in [0.05, 0.1) is 12.1 Å². The Morgan fingerprint density at radius 1 is 1.15 bits per heavy atom. The number of hydrogen-bond acceptors (Lipinski definition) is 6. The molecule has 0 bridgehead atoms. The van der Waals surface area contributed by atoms with Crippen molar-refractivity contribution in [2.24, 2.45) is 0 Å². The van der Waals surface area contributed by atoms with Crippen molar-refractivity contribution in [2.45, 2.75) is 77.0 Å². The molecule has 2 aromatic heterocycles. The van der Waals surface area contributed by atoms with Crippen LogP contribution < -0.4 is 4.74 Å². The number of ether oxygens (including phenoxy) is 1. The maximum Gasteiger partial charge on any atom is 0.241 e. The lowest BCUT2D eigenvalue weighted by atomic mass is 9.98. The fourth-order valence-corrected chi connectivity index (χ4v) is 3.99. The van der Waals surface area contributed by atoms with Crippen molar-refractivity contribution in [2.75, 3.05) is 6.54 Å². The van der Waals surface area contributed by atoms with Crippen LogP contribution >= 0.6 is 0 Å². The van der Waals surface area contributed by atoms with Gasteiger partial charge >= 0.3 is 0 Å². The normalized spacial score (nSPS) is 22.4. The van der Waals surface area contributed by atoms with E-state index < -0.39 is 0 Å². The summed E-state index contributed by atoms with van der Waals surface area (Å²) in [6.07, 6.45) is 11.8. The minimum atomic E-state index is 0.248. The third-order valence-electron chi connectivity index (χ3n) is 5.59. The van der Waals surface area contributed by atoms with E-state index in [0.29, 0.717) is 30.2 Å². The van der Waals surface area contributed by atoms with Crippen LogP contribution in [0.4, 0.5) is 0 Å². The number of likely N-dealkylation sites (tertiary alicyclic amines) is 1. The fraction of sp³-hybridized carbons (Fsp3) is 0.650. The Hall–Kier alpha value is -1.95. The van der Waals surface area contributed by atoms with Gasteiger partial charge in [-0.25, -0.2) is 4.98 Å². The second kappa shape index (κ2) is 8.16. The lowest BCUT2D eigenvalue weighted by molar-refractivity contribution is 0.135. The summed E-state index contributed by atoms with van der Waals surface area (Å²) in [5.74, 6) is 1.86. The van der Waals surface area contributed by atoms with Gasteiger partial charge < -0.3 is 9.26 Å². The van der Waals surface area contributed by atoms with E-state index >= 15 is 0 Å². The summed E-state index contributed by atoms with van der Waals surface area (Å²) >= 11 is 0. The number of pyridine rings is 1. The summed E-state index contributed by atoms with van der Waals surface area (Å²) in [7, 11) is 0. The molecule has 2 fully saturated rings. The van der Waals surface area contributed by atoms with Crippen molar-refractivity contribution >= 4 is 0 Å². The predicted octanol–water partition coefficient (Wildman–Crippen LogP) is 4.22. The number of nitrogens with zero attached hydrogens (tertiary/aromatic N) is 4. The molecular formula is C20H28N4O2. The molecule has 2 aromatic rings. The van der Waals surface area contributed by atoms with E-state index in [1.54, 1.807) is 6.20 Å². The average Bonchev–Trinajstić information content (AvgIpc) is 3.13. The van der Waals surface area contributed by atoms with Gasteiger partial charge in [0.25, 0.3) is 0 Å². The largest absolute Gasteiger partial charge is 0.474 e. The van der Waals surface area contributed by atoms with Crippen LogP contribution in [0.25, 0.3) is 11.4 Å². The zero-order valence-electron chi connectivity index (χ0n) is 15.6. The fourth-order valence-electron chi connectivity index (χ4n) is 3.99. The molecule has 1 unspecified atom stereocenters. The molecule has 6 heteroatoms. The average molecular weight is 356 g/mol. The first-order chi connectivity index (χ1) is 12.8. The van der Waals surface area contributed by atoms with E-state index in [1.807, 2.05) is 12.1 Å². The van der Waals surface area contributed by atoms with Gasteiger partial charge in [0.15, 0.2) is 0 Å². The Labute approximate surface area is 154 Å². The highest BCUT2D eigenvalue weighted by Gasteiger charge is 2.23. The van der Waals surface area contributed by atoms with Crippen LogP contribution in [0.2, 0.25) is 0 Å². The Balaban J connectivity index is 1.48. The quantitative estimate of drug-likeness (QED) is 0.799. The molecule has 0 amide bonds. The number of piperidine rings is 1. The number of hydrogen-bond donors (Lipinski definition) is 0. The molecule has 0 spiro atoms. The first-order valence-electron chi connectivity index (χ1n) is 9.98. The van der Waals surface area contributed by atoms with Gasteiger partial charge in [-0.05, 0) is 64.1 Å². The molecule has 1 saturated heterocycles. The van der Waals surface area contributed by atoms with E-state index in [0.717, 1.165) is 24.9 Å². The SMILES string of the molecule is CC1CCCCN1Cc1nc(-c2cccnc2OC2CCCCC2)no1. The first-order valence-corrected chi connectivity index (χ1v) is 9.98. The van der Waals surface area contributed by atoms with Gasteiger partial charge in [0.2, 0.25) is 17.6 Å². The Morgan fingerprint density at radius 3 is 2.85 bits per heavy atom. The summed E-state index contributed by atoms with van der Waals surface area (Å²) < 4.78 is 11.7. The van der Waals surface area contributed by atoms with Gasteiger partial charge in [-0.3, -0.25) is 4.90 Å². The summed E-state index contributed by atoms with van der Waals surface area (Å²) in [4.78, 5) is 11.5. The second-order valence-electron chi connectivity index (χ2n) is 7.56. The van der Waals surface area contributed by atoms with Crippen LogP contribution in [-0.4, -0.2) is 38.7 Å². The van der Waals surface area contributed by atoms with Crippen LogP contribution in [0.1, 0.15) is 64.2 Å². The maximum absolute atomic E-state index is 6.17. The molecule has 1 aliphatic heterocycles. The van der Waals surface area contributed by atoms with E-state index in [2.05, 4.69) is 26.9 Å². The monoisotopic (exact) mass is 356 g/mol. The highest BCUT2D eigenvalue weighted by atomic mass is 16.5. The molecule has 1 atom stereocenters. The standard InChI is InChI=1S/C20H28N4O2/c1-15-8-5-6-13-24(15)14-18-22-19(23-26-18)17-11-7-12-21-20(17)25-16-9-3-2-4-10-16/h7,11-12,15-16H,2-6,8-10,13-14H2,1H3. The minimum absolute atomic E-state index is 0.248. The molecule has 0 aromatic carbocycles. The molecule has 4 rings (SSSR count). The van der Waals surface area contributed by atoms with Crippen molar-refractivity contribution < 1.29 is 9.26 Å². The van der Waals surface area contributed by atoms with Gasteiger partial charge in [-0.1, -0.05) is 18.0 Å². The zero-order chi connectivity index (χ0) is 17.8. The minimum Gasteiger partial charge on any atom is -0.474 e. The van der Waals surface area contributed by atoms with Crippen LogP contribution in [-0.2, 0) is 6.54 Å². The maximum atomic E-state index is 6.17. The van der Waals surface area contributed by atoms with E-state index in [4.69, 9.17) is 9.26 Å². The number of rotatable bonds is 5. The van der Waals surface area contributed by atoms with E-state index in [1.165, 1.54) is 38.5 Å². The van der Waals surface area contributed by atoms with E-state index in [-0.39, 0.29) is 6.10 Å². The smallest absolute Gasteiger partial charge is 0.241 e. The summed E-state index contributed by atoms with van der Waals surface area (Å²) in [6.45, 7) is 4.09. The summed E-state index contributed by atoms with van der Waals surface area (Å²) in [5, 5.41) is 4.20. The van der Waals surface area contributed by atoms with Crippen molar-refractivity contribution in [3.8, 4) is 17.3 Å². The molecule has 0 radical (unpaired) electrons. The van der Waals surface area contributed by atoms with Crippen molar-refractivity contribution in [3.05, 3.63) is 24.2 Å². The van der Waals surface area contributed by atoms with Crippen molar-refractivity contribution in [3.63, 3.8) is 0 Å². The Kier molecular flexibility index (Phi) is 5.48. The number of aromatic nitrogens is 3.